The van der Waals surface area contributed by atoms with Gasteiger partial charge in [-0.3, -0.25) is 14.4 Å². The summed E-state index contributed by atoms with van der Waals surface area (Å²) >= 11 is 0. The predicted octanol–water partition coefficient (Wildman–Crippen LogP) is 18.8. The molecule has 27 nitrogen and oxygen atoms in total. The fraction of sp³-hybridized carbons (Fsp3) is 0.670. The first kappa shape index (κ1) is 107. The van der Waals surface area contributed by atoms with Crippen molar-refractivity contribution in [3.63, 3.8) is 0 Å². The molecule has 6 aliphatic heterocycles. The monoisotopic (exact) mass is 2090 g/mol. The molecule has 6 unspecified atom stereocenters. The molecule has 3 aromatic heterocycles. The molecule has 0 spiro atoms. The van der Waals surface area contributed by atoms with E-state index in [1.165, 1.54) is 33.3 Å². The van der Waals surface area contributed by atoms with Gasteiger partial charge in [0.25, 0.3) is 11.8 Å². The van der Waals surface area contributed by atoms with Crippen LogP contribution in [0.2, 0.25) is 0 Å². The molecule has 6 aromatic rings. The number of alkyl carbamates (subject to hydrolysis) is 3. The van der Waals surface area contributed by atoms with E-state index in [0.717, 1.165) is 125 Å². The Hall–Kier alpha value is -8.61. The summed E-state index contributed by atoms with van der Waals surface area (Å²) in [6.45, 7) is 22.3. The van der Waals surface area contributed by atoms with Gasteiger partial charge in [-0.1, -0.05) is 133 Å². The molecule has 3 N–H and O–H groups in total. The van der Waals surface area contributed by atoms with E-state index < -0.39 is 137 Å². The van der Waals surface area contributed by atoms with Crippen LogP contribution in [0.5, 0.6) is 34.9 Å². The zero-order valence-electron chi connectivity index (χ0n) is 83.9. The van der Waals surface area contributed by atoms with Gasteiger partial charge in [0.1, 0.15) is 72.0 Å². The number of carbonyl (C=O) groups excluding carboxylic acids is 9. The van der Waals surface area contributed by atoms with Gasteiger partial charge in [-0.15, -0.1) is 0 Å². The zero-order chi connectivity index (χ0) is 98.7. The number of carbonyl (C=O) groups is 6. The number of nitrogens with zero attached hydrogens (tertiary/aromatic N) is 6. The van der Waals surface area contributed by atoms with Crippen LogP contribution in [0.1, 0.15) is 260 Å². The van der Waals surface area contributed by atoms with Gasteiger partial charge in [0.2, 0.25) is 35.4 Å². The van der Waals surface area contributed by atoms with E-state index in [2.05, 4.69) is 44.3 Å². The smallest absolute Gasteiger partial charge is 0.408 e. The topological polar surface area (TPSA) is 321 Å². The fourth-order valence-corrected chi connectivity index (χ4v) is 24.0. The molecule has 143 heavy (non-hydrogen) atoms. The second-order valence-corrected chi connectivity index (χ2v) is 46.4. The maximum absolute atomic E-state index is 16.3. The largest absolute Gasteiger partial charge is 0.540 e. The van der Waals surface area contributed by atoms with Crippen molar-refractivity contribution < 1.29 is 159 Å². The number of ether oxygens (including phenoxy) is 9. The summed E-state index contributed by atoms with van der Waals surface area (Å²) in [7, 11) is 0. The normalized spacial score (nSPS) is 33.2. The maximum atomic E-state index is 16.3. The Kier molecular flexibility index (Phi) is 32.2. The van der Waals surface area contributed by atoms with Crippen molar-refractivity contribution in [2.24, 2.45) is 87.3 Å². The molecule has 6 amide bonds. The van der Waals surface area contributed by atoms with Gasteiger partial charge in [0.05, 0.1) is 65.6 Å². The number of hydrogen-bond acceptors (Lipinski definition) is 21. The third-order valence-electron chi connectivity index (χ3n) is 32.8. The van der Waals surface area contributed by atoms with E-state index in [4.69, 9.17) is 47.6 Å². The second-order valence-electron chi connectivity index (χ2n) is 46.4. The number of aryl methyl sites for hydroxylation is 1. The predicted molar refractivity (Wildman–Crippen MR) is 511 cm³/mol. The Bertz CT molecular complexity index is 5700. The van der Waals surface area contributed by atoms with Gasteiger partial charge >= 0.3 is 18.3 Å². The first-order chi connectivity index (χ1) is 66.8. The maximum Gasteiger partial charge on any atom is 0.408 e. The molecule has 9 saturated carbocycles. The Morgan fingerprint density at radius 2 is 0.720 bits per heavy atom. The third kappa shape index (κ3) is 23.7. The summed E-state index contributed by atoms with van der Waals surface area (Å²) in [6, 6.07) is 16.0. The van der Waals surface area contributed by atoms with E-state index in [1.807, 2.05) is 101 Å². The number of amides is 6. The van der Waals surface area contributed by atoms with E-state index in [1.54, 1.807) is 43.3 Å². The van der Waals surface area contributed by atoms with Crippen LogP contribution in [-0.2, 0) is 117 Å². The third-order valence-corrected chi connectivity index (χ3v) is 32.8. The average molecular weight is 2090 g/mol. The summed E-state index contributed by atoms with van der Waals surface area (Å²) < 4.78 is 120. The van der Waals surface area contributed by atoms with Crippen molar-refractivity contribution in [3.8, 4) is 34.9 Å². The molecule has 9 heterocycles. The van der Waals surface area contributed by atoms with Crippen LogP contribution in [0.3, 0.4) is 0 Å². The molecule has 12 fully saturated rings. The Morgan fingerprint density at radius 1 is 0.392 bits per heavy atom. The molecular weight excluding hydrogens is 1950 g/mol. The summed E-state index contributed by atoms with van der Waals surface area (Å²) in [4.78, 5) is 138. The van der Waals surface area contributed by atoms with Gasteiger partial charge in [0.15, 0.2) is 0 Å². The number of pyridine rings is 3. The van der Waals surface area contributed by atoms with E-state index in [9.17, 15) is 43.2 Å². The molecule has 3 aromatic carbocycles. The first-order valence-corrected chi connectivity index (χ1v) is 51.8. The minimum atomic E-state index is -3.25. The van der Waals surface area contributed by atoms with Crippen molar-refractivity contribution in [2.75, 3.05) is 19.6 Å². The first-order valence-electron chi connectivity index (χ1n) is 51.8. The van der Waals surface area contributed by atoms with Crippen LogP contribution in [0, 0.1) is 87.3 Å². The quantitative estimate of drug-likeness (QED) is 0.0651. The van der Waals surface area contributed by atoms with Gasteiger partial charge in [-0.2, -0.15) is 0 Å². The number of nitrogens with one attached hydrogen (secondary N) is 3. The Labute approximate surface area is 870 Å². The summed E-state index contributed by atoms with van der Waals surface area (Å²) in [5, 5.41) is 10.7. The van der Waals surface area contributed by atoms with Gasteiger partial charge in [0, 0.05) is 108 Å². The van der Waals surface area contributed by atoms with Gasteiger partial charge in [-0.05, 0) is 264 Å². The van der Waals surface area contributed by atoms with E-state index in [0.29, 0.717) is 113 Å². The molecule has 3 saturated heterocycles. The SMILES string of the molecule is CC[C@@H]1[C@@H]2CN(C(=O)[C@H](C(C)(C)C)NC(=O)O[C@@H]3CC4CC4[C@H]3CCCCC(F)(F)c3cc4ccc(OC5CC5)cc4nc3O2)[C@@H]1[C-]=O.C[C@@H]1[C@@H]2CN(C(=O)[C@H](C(C)(C)C)NC(=O)O[C@@H]3CC4CC4[C@H]3CCCCC(F)(F)c3cc4ccc(OC5CC5)cc4nc3O2)[C@@H]1[C-]=O.C[C@@H]1[C@@H]2CN(C(=O)[C@H](C(C)(C)C)NC(=O)O[C@@H]3CC4CC4[C@H]3CCCCCc3cc4ccc(OC5CC5)cc4nc3O2)[C@@H]1[C-]=O.[V].[V].[V]. The molecular formula is C109H136F4N9O18V3-3. The Balaban J connectivity index is 0.000000153. The van der Waals surface area contributed by atoms with Crippen LogP contribution in [0.15, 0.2) is 72.8 Å². The van der Waals surface area contributed by atoms with Crippen LogP contribution >= 0.6 is 0 Å². The summed E-state index contributed by atoms with van der Waals surface area (Å²) in [5.74, 6) is -3.34. The fourth-order valence-electron chi connectivity index (χ4n) is 24.0. The molecule has 15 aliphatic rings. The van der Waals surface area contributed by atoms with Crippen LogP contribution in [0.4, 0.5) is 31.9 Å². The summed E-state index contributed by atoms with van der Waals surface area (Å²) in [5.41, 5.74) is 0.0773. The van der Waals surface area contributed by atoms with E-state index in [-0.39, 0.29) is 171 Å². The molecule has 771 valence electrons. The number of halogens is 4. The van der Waals surface area contributed by atoms with Crippen LogP contribution in [0.25, 0.3) is 32.7 Å². The average Bonchev–Trinajstić information content (AvgIpc) is 1.53. The molecule has 24 atom stereocenters. The number of rotatable bonds is 10. The molecule has 34 heteroatoms. The molecule has 21 rings (SSSR count). The zero-order valence-corrected chi connectivity index (χ0v) is 88.1. The standard InChI is InChI=1S/C37H46F2N3O6.C36H44F2N3O6.C36H46N3O6.3V/c1-5-24-29(19-43)42-18-31(24)47-33-27(15-20-9-10-23(17-28(20)40-33)46-22-11-12-22)37(38,39)13-7-6-8-25-26-14-21(26)16-30(25)48-35(45)41-32(34(42)44)36(2,3)4;1-19-28(18-42)41-17-30(19)46-32-26(14-20-8-9-23(16-27(20)39-32)45-22-10-11-22)36(37,38)12-6-5-7-24-25-13-21(25)15-29(24)47-34(44)40-31(33(41)43)35(2,3)4;1-20-29(19-40)39-18-31(20)44-33-22(14-21-10-11-25(17-28(21)37-33)43-24-12-13-24)8-6-5-7-9-26-27-15-23(27)16-30(26)45-35(42)38-32(34(39)41)36(2,3)4;;;/h9-10,15,17,21-22,24-26,29-32H,5-8,11-14,16,18H2,1-4H3,(H,41,45);8-9,14,16,19,21-22,24-25,28-31H,5-7,10-13,15,17H2,1-4H3,(H,40,44);10-11,14,17,20,23-24,26-27,29-32H,5-9,12-13,15-16,18H2,1-4H3,(H,38,42);;;/q3*-1;;;/t21?,24-,25+,26?,29+,30+,31-,32+;19-,21?,24+,25?,28+,29+,30-,31+;20-,23?,26+,27?,29+,30+,31-,32+;;;/m000.../s1. The van der Waals surface area contributed by atoms with Gasteiger partial charge in [-0.25, -0.2) is 65.8 Å². The van der Waals surface area contributed by atoms with Crippen molar-refractivity contribution in [3.05, 3.63) is 89.5 Å². The van der Waals surface area contributed by atoms with Crippen molar-refractivity contribution in [2.45, 2.75) is 353 Å². The van der Waals surface area contributed by atoms with Crippen LogP contribution < -0.4 is 44.4 Å². The number of alkyl halides is 4. The molecule has 6 bridgehead atoms. The number of benzene rings is 3. The molecule has 9 aliphatic carbocycles. The van der Waals surface area contributed by atoms with Gasteiger partial charge < -0.3 is 87.7 Å². The minimum absolute atomic E-state index is 0. The van der Waals surface area contributed by atoms with E-state index >= 15 is 17.6 Å². The van der Waals surface area contributed by atoms with Crippen molar-refractivity contribution >= 4 is 87.6 Å². The summed E-state index contributed by atoms with van der Waals surface area (Å²) in [6.07, 6.45) is 21.5. The van der Waals surface area contributed by atoms with Crippen molar-refractivity contribution in [1.82, 2.24) is 45.6 Å². The number of hydrogen-bond donors (Lipinski definition) is 3. The number of fused-ring (bicyclic) bond motifs is 21. The number of aromatic nitrogens is 3. The van der Waals surface area contributed by atoms with Crippen molar-refractivity contribution in [1.29, 1.82) is 0 Å². The van der Waals surface area contributed by atoms with Crippen LogP contribution in [-0.4, -0.2) is 195 Å². The second kappa shape index (κ2) is 42.9. The Morgan fingerprint density at radius 3 is 1.07 bits per heavy atom. The molecule has 3 radical (unpaired) electrons. The minimum Gasteiger partial charge on any atom is -0.540 e.